The molecule has 3 rings (SSSR count). The van der Waals surface area contributed by atoms with E-state index in [4.69, 9.17) is 4.74 Å². The summed E-state index contributed by atoms with van der Waals surface area (Å²) >= 11 is 0. The van der Waals surface area contributed by atoms with E-state index in [9.17, 15) is 18.0 Å². The Hall–Kier alpha value is -3.30. The molecule has 10 heteroatoms. The maximum Gasteiger partial charge on any atom is 0.417 e. The number of alkyl halides is 3. The number of nitrogens with zero attached hydrogens (tertiary/aromatic N) is 2. The number of carbonyl (C=O) groups is 1. The first-order chi connectivity index (χ1) is 14.4. The van der Waals surface area contributed by atoms with Crippen LogP contribution in [-0.4, -0.2) is 43.6 Å². The number of benzene rings is 1. The van der Waals surface area contributed by atoms with Crippen molar-refractivity contribution in [3.8, 4) is 5.88 Å². The Kier molecular flexibility index (Phi) is 6.76. The Labute approximate surface area is 171 Å². The van der Waals surface area contributed by atoms with E-state index in [-0.39, 0.29) is 24.3 Å². The number of guanidine groups is 1. The molecule has 7 nitrogen and oxygen atoms in total. The van der Waals surface area contributed by atoms with E-state index < -0.39 is 11.7 Å². The molecule has 1 aromatic heterocycles. The van der Waals surface area contributed by atoms with Gasteiger partial charge in [-0.25, -0.2) is 4.98 Å². The van der Waals surface area contributed by atoms with Gasteiger partial charge in [-0.2, -0.15) is 13.2 Å². The molecule has 2 aromatic rings. The van der Waals surface area contributed by atoms with Crippen molar-refractivity contribution in [2.24, 2.45) is 4.99 Å². The molecule has 1 aliphatic heterocycles. The number of ether oxygens (including phenoxy) is 1. The summed E-state index contributed by atoms with van der Waals surface area (Å²) in [5.41, 5.74) is 1.06. The van der Waals surface area contributed by atoms with Gasteiger partial charge in [-0.05, 0) is 17.7 Å². The molecule has 1 aromatic carbocycles. The molecule has 1 atom stereocenters. The first-order valence-electron chi connectivity index (χ1n) is 9.36. The number of fused-ring (bicyclic) bond motifs is 1. The molecule has 1 aliphatic rings. The van der Waals surface area contributed by atoms with E-state index in [2.05, 4.69) is 25.9 Å². The molecule has 0 fully saturated rings. The van der Waals surface area contributed by atoms with E-state index in [1.54, 1.807) is 7.05 Å². The first-order valence-corrected chi connectivity index (χ1v) is 9.36. The second-order valence-corrected chi connectivity index (χ2v) is 6.65. The first kappa shape index (κ1) is 21.4. The van der Waals surface area contributed by atoms with E-state index in [1.807, 2.05) is 24.3 Å². The van der Waals surface area contributed by atoms with E-state index in [0.29, 0.717) is 25.5 Å². The average Bonchev–Trinajstić information content (AvgIpc) is 2.72. The van der Waals surface area contributed by atoms with Crippen molar-refractivity contribution in [3.63, 3.8) is 0 Å². The quantitative estimate of drug-likeness (QED) is 0.379. The van der Waals surface area contributed by atoms with Crippen LogP contribution in [0.1, 0.15) is 23.5 Å². The topological polar surface area (TPSA) is 87.6 Å². The second-order valence-electron chi connectivity index (χ2n) is 6.65. The molecular formula is C20H22F3N5O2. The van der Waals surface area contributed by atoms with Crippen molar-refractivity contribution < 1.29 is 22.7 Å². The highest BCUT2D eigenvalue weighted by molar-refractivity contribution is 5.94. The number of anilines is 1. The van der Waals surface area contributed by atoms with Crippen molar-refractivity contribution >= 4 is 17.6 Å². The van der Waals surface area contributed by atoms with E-state index in [0.717, 1.165) is 23.5 Å². The number of hydrogen-bond acceptors (Lipinski definition) is 4. The van der Waals surface area contributed by atoms with Gasteiger partial charge in [-0.3, -0.25) is 9.79 Å². The van der Waals surface area contributed by atoms with Crippen LogP contribution in [0.2, 0.25) is 0 Å². The third-order valence-electron chi connectivity index (χ3n) is 4.55. The number of pyridine rings is 1. The number of amides is 1. The number of hydrogen-bond donors (Lipinski definition) is 3. The largest absolute Gasteiger partial charge is 0.476 e. The molecule has 0 radical (unpaired) electrons. The summed E-state index contributed by atoms with van der Waals surface area (Å²) in [5.74, 6) is 0.627. The number of carbonyl (C=O) groups excluding carboxylic acids is 1. The number of para-hydroxylation sites is 1. The smallest absolute Gasteiger partial charge is 0.417 e. The minimum Gasteiger partial charge on any atom is -0.476 e. The minimum absolute atomic E-state index is 0.0149. The molecule has 0 saturated carbocycles. The highest BCUT2D eigenvalue weighted by Gasteiger charge is 2.30. The van der Waals surface area contributed by atoms with Gasteiger partial charge in [0.1, 0.15) is 6.61 Å². The fourth-order valence-corrected chi connectivity index (χ4v) is 3.08. The van der Waals surface area contributed by atoms with Crippen LogP contribution in [0.4, 0.5) is 18.9 Å². The van der Waals surface area contributed by atoms with Crippen molar-refractivity contribution in [2.75, 3.05) is 32.1 Å². The Morgan fingerprint density at radius 1 is 1.27 bits per heavy atom. The summed E-state index contributed by atoms with van der Waals surface area (Å²) in [4.78, 5) is 19.7. The molecule has 160 valence electrons. The SMILES string of the molecule is CN=C(NCCOc1ccc(C(F)(F)F)cn1)NCC1CC(=O)Nc2ccccc21. The minimum atomic E-state index is -4.43. The van der Waals surface area contributed by atoms with Crippen LogP contribution in [0.5, 0.6) is 5.88 Å². The molecule has 2 heterocycles. The summed E-state index contributed by atoms with van der Waals surface area (Å²) < 4.78 is 42.9. The Balaban J connectivity index is 1.44. The van der Waals surface area contributed by atoms with Crippen molar-refractivity contribution in [3.05, 3.63) is 53.7 Å². The third kappa shape index (κ3) is 5.62. The molecule has 0 bridgehead atoms. The number of nitrogens with one attached hydrogen (secondary N) is 3. The highest BCUT2D eigenvalue weighted by atomic mass is 19.4. The number of rotatable bonds is 6. The standard InChI is InChI=1S/C20H22F3N5O2/c1-24-19(25-8-9-30-18-7-6-14(12-26-18)20(21,22)23)27-11-13-10-17(29)28-16-5-3-2-4-15(13)16/h2-7,12-13H,8-11H2,1H3,(H,28,29)(H2,24,25,27). The van der Waals surface area contributed by atoms with Crippen LogP contribution in [0.15, 0.2) is 47.6 Å². The van der Waals surface area contributed by atoms with Crippen molar-refractivity contribution in [2.45, 2.75) is 18.5 Å². The third-order valence-corrected chi connectivity index (χ3v) is 4.55. The summed E-state index contributed by atoms with van der Waals surface area (Å²) in [7, 11) is 1.62. The zero-order valence-corrected chi connectivity index (χ0v) is 16.3. The van der Waals surface area contributed by atoms with Crippen LogP contribution in [-0.2, 0) is 11.0 Å². The van der Waals surface area contributed by atoms with Gasteiger partial charge in [0.15, 0.2) is 5.96 Å². The lowest BCUT2D eigenvalue weighted by atomic mass is 9.90. The van der Waals surface area contributed by atoms with E-state index >= 15 is 0 Å². The Morgan fingerprint density at radius 2 is 2.07 bits per heavy atom. The molecule has 0 aliphatic carbocycles. The van der Waals surface area contributed by atoms with Gasteiger partial charge in [-0.1, -0.05) is 18.2 Å². The summed E-state index contributed by atoms with van der Waals surface area (Å²) in [5, 5.41) is 9.10. The van der Waals surface area contributed by atoms with Gasteiger partial charge in [0.05, 0.1) is 12.1 Å². The van der Waals surface area contributed by atoms with Gasteiger partial charge in [0.2, 0.25) is 11.8 Å². The zero-order valence-electron chi connectivity index (χ0n) is 16.3. The fourth-order valence-electron chi connectivity index (χ4n) is 3.08. The maximum absolute atomic E-state index is 12.5. The molecule has 3 N–H and O–H groups in total. The molecule has 30 heavy (non-hydrogen) atoms. The van der Waals surface area contributed by atoms with Crippen LogP contribution < -0.4 is 20.7 Å². The van der Waals surface area contributed by atoms with Crippen molar-refractivity contribution in [1.29, 1.82) is 0 Å². The normalized spacial score (nSPS) is 16.5. The number of aromatic nitrogens is 1. The predicted molar refractivity (Wildman–Crippen MR) is 107 cm³/mol. The van der Waals surface area contributed by atoms with Crippen LogP contribution in [0, 0.1) is 0 Å². The van der Waals surface area contributed by atoms with Gasteiger partial charge in [0, 0.05) is 43.9 Å². The van der Waals surface area contributed by atoms with Gasteiger partial charge < -0.3 is 20.7 Å². The van der Waals surface area contributed by atoms with Crippen LogP contribution in [0.3, 0.4) is 0 Å². The molecule has 0 spiro atoms. The fraction of sp³-hybridized carbons (Fsp3) is 0.350. The lowest BCUT2D eigenvalue weighted by Crippen LogP contribution is -2.42. The lowest BCUT2D eigenvalue weighted by Gasteiger charge is -2.26. The van der Waals surface area contributed by atoms with Crippen LogP contribution in [0.25, 0.3) is 0 Å². The van der Waals surface area contributed by atoms with Gasteiger partial charge in [-0.15, -0.1) is 0 Å². The molecule has 1 amide bonds. The molecule has 0 saturated heterocycles. The number of halogens is 3. The monoisotopic (exact) mass is 421 g/mol. The predicted octanol–water partition coefficient (Wildman–Crippen LogP) is 2.77. The van der Waals surface area contributed by atoms with E-state index in [1.165, 1.54) is 6.07 Å². The van der Waals surface area contributed by atoms with Crippen molar-refractivity contribution in [1.82, 2.24) is 15.6 Å². The maximum atomic E-state index is 12.5. The molecule has 1 unspecified atom stereocenters. The Bertz CT molecular complexity index is 900. The highest BCUT2D eigenvalue weighted by Crippen LogP contribution is 2.31. The summed E-state index contributed by atoms with van der Waals surface area (Å²) in [6.07, 6.45) is -3.31. The van der Waals surface area contributed by atoms with Gasteiger partial charge in [0.25, 0.3) is 0 Å². The summed E-state index contributed by atoms with van der Waals surface area (Å²) in [6.45, 7) is 1.07. The van der Waals surface area contributed by atoms with Gasteiger partial charge >= 0.3 is 6.18 Å². The average molecular weight is 421 g/mol. The molecular weight excluding hydrogens is 399 g/mol. The number of aliphatic imine (C=N–C) groups is 1. The summed E-state index contributed by atoms with van der Waals surface area (Å²) in [6, 6.07) is 9.78. The second kappa shape index (κ2) is 9.47. The zero-order chi connectivity index (χ0) is 21.6. The lowest BCUT2D eigenvalue weighted by molar-refractivity contribution is -0.137. The Morgan fingerprint density at radius 3 is 2.77 bits per heavy atom. The van der Waals surface area contributed by atoms with Crippen LogP contribution >= 0.6 is 0 Å².